The van der Waals surface area contributed by atoms with E-state index in [4.69, 9.17) is 0 Å². The molecule has 2 aliphatic rings. The van der Waals surface area contributed by atoms with Crippen molar-refractivity contribution >= 4 is 34.9 Å². The van der Waals surface area contributed by atoms with Gasteiger partial charge in [0.1, 0.15) is 13.1 Å². The van der Waals surface area contributed by atoms with Gasteiger partial charge in [-0.15, -0.1) is 0 Å². The van der Waals surface area contributed by atoms with E-state index in [0.717, 1.165) is 23.7 Å². The highest BCUT2D eigenvalue weighted by Gasteiger charge is 2.37. The summed E-state index contributed by atoms with van der Waals surface area (Å²) in [6.07, 6.45) is 4.97. The number of carbonyl (C=O) groups excluding carboxylic acids is 3. The monoisotopic (exact) mass is 406 g/mol. The summed E-state index contributed by atoms with van der Waals surface area (Å²) in [5.74, 6) is -0.773. The molecule has 7 nitrogen and oxygen atoms in total. The third kappa shape index (κ3) is 4.45. The van der Waals surface area contributed by atoms with E-state index in [2.05, 4.69) is 10.2 Å². The Hall–Kier alpha value is -3.35. The fourth-order valence-corrected chi connectivity index (χ4v) is 3.93. The highest BCUT2D eigenvalue weighted by Crippen LogP contribution is 2.23. The Morgan fingerprint density at radius 1 is 0.833 bits per heavy atom. The van der Waals surface area contributed by atoms with E-state index in [-0.39, 0.29) is 19.0 Å². The Morgan fingerprint density at radius 3 is 2.17 bits per heavy atom. The number of rotatable bonds is 5. The Morgan fingerprint density at radius 2 is 1.50 bits per heavy atom. The molecule has 2 aromatic rings. The van der Waals surface area contributed by atoms with Gasteiger partial charge in [-0.1, -0.05) is 31.0 Å². The third-order valence-electron chi connectivity index (χ3n) is 5.55. The van der Waals surface area contributed by atoms with E-state index in [1.165, 1.54) is 30.6 Å². The lowest BCUT2D eigenvalue weighted by atomic mass is 10.2. The zero-order valence-electron chi connectivity index (χ0n) is 16.9. The maximum Gasteiger partial charge on any atom is 0.332 e. The molecule has 2 heterocycles. The molecule has 7 heteroatoms. The number of carbonyl (C=O) groups is 3. The summed E-state index contributed by atoms with van der Waals surface area (Å²) in [4.78, 5) is 42.1. The Balaban J connectivity index is 1.35. The van der Waals surface area contributed by atoms with Crippen molar-refractivity contribution < 1.29 is 14.4 Å². The van der Waals surface area contributed by atoms with E-state index < -0.39 is 11.9 Å². The molecule has 4 rings (SSSR count). The van der Waals surface area contributed by atoms with Crippen LogP contribution in [0.25, 0.3) is 0 Å². The Kier molecular flexibility index (Phi) is 5.97. The number of anilines is 3. The highest BCUT2D eigenvalue weighted by molar-refractivity contribution is 6.14. The number of para-hydroxylation sites is 1. The van der Waals surface area contributed by atoms with Gasteiger partial charge in [-0.3, -0.25) is 19.4 Å². The van der Waals surface area contributed by atoms with Crippen molar-refractivity contribution in [2.24, 2.45) is 0 Å². The molecule has 0 bridgehead atoms. The molecule has 2 aromatic carbocycles. The van der Waals surface area contributed by atoms with Gasteiger partial charge < -0.3 is 10.2 Å². The lowest BCUT2D eigenvalue weighted by Crippen LogP contribution is -2.39. The SMILES string of the molecule is O=C(CN1C(=O)CN(c2ccccc2)C1=O)Nc1ccc(N2CCCCCC2)cc1. The van der Waals surface area contributed by atoms with Crippen LogP contribution in [0.3, 0.4) is 0 Å². The molecule has 0 atom stereocenters. The van der Waals surface area contributed by atoms with Gasteiger partial charge in [-0.2, -0.15) is 0 Å². The minimum Gasteiger partial charge on any atom is -0.372 e. The summed E-state index contributed by atoms with van der Waals surface area (Å²) < 4.78 is 0. The molecule has 2 fully saturated rings. The second-order valence-corrected chi connectivity index (χ2v) is 7.68. The van der Waals surface area contributed by atoms with Crippen molar-refractivity contribution in [3.8, 4) is 0 Å². The zero-order valence-corrected chi connectivity index (χ0v) is 16.9. The summed E-state index contributed by atoms with van der Waals surface area (Å²) in [7, 11) is 0. The first-order valence-corrected chi connectivity index (χ1v) is 10.4. The second-order valence-electron chi connectivity index (χ2n) is 7.68. The van der Waals surface area contributed by atoms with Crippen molar-refractivity contribution in [1.29, 1.82) is 0 Å². The minimum atomic E-state index is -0.474. The summed E-state index contributed by atoms with van der Waals surface area (Å²) in [5, 5.41) is 2.78. The summed E-state index contributed by atoms with van der Waals surface area (Å²) in [6.45, 7) is 1.77. The predicted molar refractivity (Wildman–Crippen MR) is 117 cm³/mol. The van der Waals surface area contributed by atoms with Crippen LogP contribution in [0.1, 0.15) is 25.7 Å². The summed E-state index contributed by atoms with van der Waals surface area (Å²) in [6, 6.07) is 16.2. The number of urea groups is 1. The van der Waals surface area contributed by atoms with E-state index >= 15 is 0 Å². The number of imide groups is 1. The molecular weight excluding hydrogens is 380 g/mol. The van der Waals surface area contributed by atoms with Crippen molar-refractivity contribution in [1.82, 2.24) is 4.90 Å². The molecule has 0 unspecified atom stereocenters. The molecule has 0 radical (unpaired) electrons. The molecular formula is C23H26N4O3. The lowest BCUT2D eigenvalue weighted by molar-refractivity contribution is -0.128. The fraction of sp³-hybridized carbons (Fsp3) is 0.348. The summed E-state index contributed by atoms with van der Waals surface area (Å²) in [5.41, 5.74) is 2.44. The van der Waals surface area contributed by atoms with Crippen LogP contribution >= 0.6 is 0 Å². The first kappa shape index (κ1) is 19.9. The van der Waals surface area contributed by atoms with E-state index in [9.17, 15) is 14.4 Å². The van der Waals surface area contributed by atoms with Crippen molar-refractivity contribution in [2.75, 3.05) is 41.3 Å². The van der Waals surface area contributed by atoms with Crippen LogP contribution in [0.4, 0.5) is 21.9 Å². The van der Waals surface area contributed by atoms with Crippen LogP contribution in [-0.4, -0.2) is 48.9 Å². The molecule has 0 aliphatic carbocycles. The first-order chi connectivity index (χ1) is 14.6. The smallest absolute Gasteiger partial charge is 0.332 e. The van der Waals surface area contributed by atoms with E-state index in [1.807, 2.05) is 30.3 Å². The van der Waals surface area contributed by atoms with Crippen molar-refractivity contribution in [3.63, 3.8) is 0 Å². The number of hydrogen-bond donors (Lipinski definition) is 1. The van der Waals surface area contributed by atoms with Gasteiger partial charge in [-0.25, -0.2) is 4.79 Å². The fourth-order valence-electron chi connectivity index (χ4n) is 3.93. The lowest BCUT2D eigenvalue weighted by Gasteiger charge is -2.23. The van der Waals surface area contributed by atoms with Gasteiger partial charge >= 0.3 is 6.03 Å². The van der Waals surface area contributed by atoms with Gasteiger partial charge in [0.2, 0.25) is 5.91 Å². The van der Waals surface area contributed by atoms with Gasteiger partial charge in [0.15, 0.2) is 0 Å². The number of nitrogens with zero attached hydrogens (tertiary/aromatic N) is 3. The van der Waals surface area contributed by atoms with Gasteiger partial charge in [-0.05, 0) is 49.2 Å². The minimum absolute atomic E-state index is 0.0549. The zero-order chi connectivity index (χ0) is 20.9. The van der Waals surface area contributed by atoms with Crippen LogP contribution in [0.2, 0.25) is 0 Å². The molecule has 30 heavy (non-hydrogen) atoms. The van der Waals surface area contributed by atoms with Crippen LogP contribution in [-0.2, 0) is 9.59 Å². The predicted octanol–water partition coefficient (Wildman–Crippen LogP) is 3.47. The maximum atomic E-state index is 12.6. The van der Waals surface area contributed by atoms with Gasteiger partial charge in [0.25, 0.3) is 5.91 Å². The Labute approximate surface area is 176 Å². The van der Waals surface area contributed by atoms with E-state index in [1.54, 1.807) is 24.3 Å². The number of benzene rings is 2. The summed E-state index contributed by atoms with van der Waals surface area (Å²) >= 11 is 0. The quantitative estimate of drug-likeness (QED) is 0.772. The normalized spacial score (nSPS) is 17.3. The molecule has 0 spiro atoms. The number of nitrogens with one attached hydrogen (secondary N) is 1. The molecule has 0 aromatic heterocycles. The largest absolute Gasteiger partial charge is 0.372 e. The third-order valence-corrected chi connectivity index (χ3v) is 5.55. The van der Waals surface area contributed by atoms with Crippen LogP contribution in [0.15, 0.2) is 54.6 Å². The van der Waals surface area contributed by atoms with E-state index in [0.29, 0.717) is 11.4 Å². The molecule has 156 valence electrons. The molecule has 2 aliphatic heterocycles. The van der Waals surface area contributed by atoms with Crippen LogP contribution in [0, 0.1) is 0 Å². The second kappa shape index (κ2) is 8.98. The maximum absolute atomic E-state index is 12.6. The molecule has 1 N–H and O–H groups in total. The van der Waals surface area contributed by atoms with Crippen LogP contribution in [0.5, 0.6) is 0 Å². The standard InChI is InChI=1S/C23H26N4O3/c28-21(16-27-22(29)17-26(23(27)30)20-8-4-3-5-9-20)24-18-10-12-19(13-11-18)25-14-6-1-2-7-15-25/h3-5,8-13H,1-2,6-7,14-17H2,(H,24,28). The molecule has 4 amide bonds. The highest BCUT2D eigenvalue weighted by atomic mass is 16.2. The Bertz CT molecular complexity index is 906. The topological polar surface area (TPSA) is 73.0 Å². The average Bonchev–Trinajstić information content (AvgIpc) is 2.95. The van der Waals surface area contributed by atoms with Crippen LogP contribution < -0.4 is 15.1 Å². The van der Waals surface area contributed by atoms with Crippen molar-refractivity contribution in [3.05, 3.63) is 54.6 Å². The number of hydrogen-bond acceptors (Lipinski definition) is 4. The number of amides is 4. The first-order valence-electron chi connectivity index (χ1n) is 10.4. The van der Waals surface area contributed by atoms with Gasteiger partial charge in [0, 0.05) is 30.2 Å². The average molecular weight is 406 g/mol. The molecule has 2 saturated heterocycles. The van der Waals surface area contributed by atoms with Crippen molar-refractivity contribution in [2.45, 2.75) is 25.7 Å². The van der Waals surface area contributed by atoms with Gasteiger partial charge in [0.05, 0.1) is 0 Å². The molecule has 0 saturated carbocycles.